The second-order valence-corrected chi connectivity index (χ2v) is 11.4. The summed E-state index contributed by atoms with van der Waals surface area (Å²) in [6.07, 6.45) is 8.29. The van der Waals surface area contributed by atoms with E-state index in [1.165, 1.54) is 23.4 Å². The molecule has 1 aromatic heterocycles. The average Bonchev–Trinajstić information content (AvgIpc) is 3.54. The molecule has 0 saturated carbocycles. The van der Waals surface area contributed by atoms with Gasteiger partial charge in [-0.15, -0.1) is 0 Å². The van der Waals surface area contributed by atoms with Gasteiger partial charge in [0.1, 0.15) is 12.1 Å². The molecule has 2 aliphatic rings. The lowest BCUT2D eigenvalue weighted by molar-refractivity contribution is -0.140. The second kappa shape index (κ2) is 10.5. The number of hydrogen-bond donors (Lipinski definition) is 2. The van der Waals surface area contributed by atoms with Crippen molar-refractivity contribution in [1.29, 1.82) is 0 Å². The molecule has 3 atom stereocenters. The van der Waals surface area contributed by atoms with E-state index in [0.29, 0.717) is 13.1 Å². The van der Waals surface area contributed by atoms with Crippen LogP contribution in [-0.4, -0.2) is 53.0 Å². The quantitative estimate of drug-likeness (QED) is 0.592. The first-order valence-electron chi connectivity index (χ1n) is 13.1. The first-order chi connectivity index (χ1) is 17.6. The Kier molecular flexibility index (Phi) is 7.57. The van der Waals surface area contributed by atoms with E-state index in [1.807, 2.05) is 39.5 Å². The Morgan fingerprint density at radius 3 is 2.43 bits per heavy atom. The largest absolute Gasteiger partial charge is 0.351 e. The lowest BCUT2D eigenvalue weighted by Gasteiger charge is -2.41. The molecule has 0 radical (unpaired) electrons. The second-order valence-electron chi connectivity index (χ2n) is 11.4. The number of hydrogen-bond acceptors (Lipinski definition) is 5. The third-order valence-electron chi connectivity index (χ3n) is 7.89. The van der Waals surface area contributed by atoms with Crippen molar-refractivity contribution in [2.45, 2.75) is 71.4 Å². The number of benzene rings is 1. The van der Waals surface area contributed by atoms with Gasteiger partial charge in [0, 0.05) is 24.6 Å². The zero-order valence-electron chi connectivity index (χ0n) is 22.4. The van der Waals surface area contributed by atoms with Crippen molar-refractivity contribution in [2.75, 3.05) is 13.1 Å². The minimum atomic E-state index is -0.866. The predicted molar refractivity (Wildman–Crippen MR) is 142 cm³/mol. The molecule has 1 unspecified atom stereocenters. The maximum Gasteiger partial charge on any atom is 0.290 e. The fourth-order valence-electron chi connectivity index (χ4n) is 5.32. The number of carbonyl (C=O) groups is 3. The summed E-state index contributed by atoms with van der Waals surface area (Å²) in [5, 5.41) is 9.32. The predicted octanol–water partition coefficient (Wildman–Crippen LogP) is 3.94. The molecule has 1 aliphatic heterocycles. The minimum Gasteiger partial charge on any atom is -0.351 e. The number of likely N-dealkylation sites (tertiary alicyclic amines) is 1. The Balaban J connectivity index is 1.46. The highest BCUT2D eigenvalue weighted by Gasteiger charge is 2.42. The van der Waals surface area contributed by atoms with Crippen molar-refractivity contribution in [2.24, 2.45) is 11.3 Å². The molecule has 1 saturated heterocycles. The van der Waals surface area contributed by atoms with E-state index in [-0.39, 0.29) is 28.9 Å². The van der Waals surface area contributed by atoms with Crippen LogP contribution in [0.4, 0.5) is 0 Å². The van der Waals surface area contributed by atoms with E-state index in [9.17, 15) is 14.4 Å². The van der Waals surface area contributed by atoms with Gasteiger partial charge in [0.05, 0.1) is 6.20 Å². The van der Waals surface area contributed by atoms with Gasteiger partial charge in [-0.05, 0) is 35.3 Å². The van der Waals surface area contributed by atoms with Crippen molar-refractivity contribution in [3.63, 3.8) is 0 Å². The Morgan fingerprint density at radius 2 is 1.81 bits per heavy atom. The Bertz CT molecular complexity index is 1160. The Hall–Kier alpha value is -3.42. The van der Waals surface area contributed by atoms with Crippen LogP contribution in [0.15, 0.2) is 47.1 Å². The van der Waals surface area contributed by atoms with Crippen molar-refractivity contribution < 1.29 is 18.9 Å². The van der Waals surface area contributed by atoms with E-state index in [0.717, 1.165) is 19.3 Å². The lowest BCUT2D eigenvalue weighted by atomic mass is 9.74. The molecule has 37 heavy (non-hydrogen) atoms. The van der Waals surface area contributed by atoms with Gasteiger partial charge in [-0.2, -0.15) is 0 Å². The fraction of sp³-hybridized carbons (Fsp3) is 0.517. The third-order valence-corrected chi connectivity index (χ3v) is 7.89. The maximum absolute atomic E-state index is 13.7. The molecular formula is C29H38N4O4. The molecule has 1 fully saturated rings. The van der Waals surface area contributed by atoms with Crippen molar-refractivity contribution in [3.05, 3.63) is 59.5 Å². The zero-order valence-corrected chi connectivity index (χ0v) is 22.4. The molecule has 1 aliphatic carbocycles. The maximum atomic E-state index is 13.7. The zero-order chi connectivity index (χ0) is 26.8. The van der Waals surface area contributed by atoms with Gasteiger partial charge in [-0.25, -0.2) is 0 Å². The first-order valence-corrected chi connectivity index (χ1v) is 13.1. The summed E-state index contributed by atoms with van der Waals surface area (Å²) < 4.78 is 4.95. The topological polar surface area (TPSA) is 105 Å². The Labute approximate surface area is 218 Å². The number of nitrogens with zero attached hydrogens (tertiary/aromatic N) is 2. The number of piperidine rings is 1. The highest BCUT2D eigenvalue weighted by Crippen LogP contribution is 2.43. The number of carbonyl (C=O) groups excluding carboxylic acids is 3. The van der Waals surface area contributed by atoms with Crippen molar-refractivity contribution in [1.82, 2.24) is 20.7 Å². The molecule has 2 aromatic rings. The van der Waals surface area contributed by atoms with E-state index in [1.54, 1.807) is 0 Å². The molecule has 8 heteroatoms. The Morgan fingerprint density at radius 1 is 1.11 bits per heavy atom. The molecule has 4 rings (SSSR count). The summed E-state index contributed by atoms with van der Waals surface area (Å²) in [5.41, 5.74) is 1.98. The van der Waals surface area contributed by atoms with Crippen LogP contribution in [0.2, 0.25) is 0 Å². The van der Waals surface area contributed by atoms with Crippen molar-refractivity contribution >= 4 is 23.8 Å². The first kappa shape index (κ1) is 26.6. The van der Waals surface area contributed by atoms with Gasteiger partial charge in [0.15, 0.2) is 0 Å². The molecule has 1 spiro atoms. The van der Waals surface area contributed by atoms with E-state index >= 15 is 0 Å². The van der Waals surface area contributed by atoms with Gasteiger partial charge in [0.2, 0.25) is 17.6 Å². The van der Waals surface area contributed by atoms with Crippen LogP contribution < -0.4 is 10.6 Å². The molecule has 198 valence electrons. The van der Waals surface area contributed by atoms with Crippen LogP contribution >= 0.6 is 0 Å². The smallest absolute Gasteiger partial charge is 0.290 e. The summed E-state index contributed by atoms with van der Waals surface area (Å²) in [4.78, 5) is 41.8. The number of fused-ring (bicyclic) bond motifs is 2. The molecule has 1 aromatic carbocycles. The van der Waals surface area contributed by atoms with Crippen molar-refractivity contribution in [3.8, 4) is 0 Å². The van der Waals surface area contributed by atoms with Crippen LogP contribution in [0.5, 0.6) is 0 Å². The standard InChI is InChI=1S/C29H38N4O4/c1-6-19(2)23(31-26(35)24(28(3,4)5)32-25(34)22-12-16-30-37-22)27(36)33-17-14-29(15-18-33)13-11-20-9-7-8-10-21(20)29/h7-13,16,19,23-24H,6,14-15,17-18H2,1-5H3,(H,31,35)(H,32,34)/t19-,23-,24?/m0/s1. The molecule has 2 heterocycles. The van der Waals surface area contributed by atoms with E-state index < -0.39 is 23.4 Å². The highest BCUT2D eigenvalue weighted by molar-refractivity contribution is 5.97. The summed E-state index contributed by atoms with van der Waals surface area (Å²) in [6.45, 7) is 10.9. The van der Waals surface area contributed by atoms with Gasteiger partial charge in [-0.1, -0.05) is 82.6 Å². The van der Waals surface area contributed by atoms with Gasteiger partial charge >= 0.3 is 0 Å². The number of nitrogens with one attached hydrogen (secondary N) is 2. The van der Waals surface area contributed by atoms with Crippen LogP contribution in [0.3, 0.4) is 0 Å². The molecule has 8 nitrogen and oxygen atoms in total. The summed E-state index contributed by atoms with van der Waals surface area (Å²) >= 11 is 0. The SMILES string of the molecule is CC[C@H](C)[C@H](NC(=O)C(NC(=O)c1ccno1)C(C)(C)C)C(=O)N1CCC2(C=Cc3ccccc32)CC1. The number of rotatable bonds is 7. The average molecular weight is 507 g/mol. The monoisotopic (exact) mass is 506 g/mol. The third kappa shape index (κ3) is 5.48. The van der Waals surface area contributed by atoms with Gasteiger partial charge in [0.25, 0.3) is 5.91 Å². The molecule has 0 bridgehead atoms. The summed E-state index contributed by atoms with van der Waals surface area (Å²) in [5.74, 6) is -1.01. The van der Waals surface area contributed by atoms with Gasteiger partial charge < -0.3 is 20.1 Å². The number of allylic oxidation sites excluding steroid dienone is 1. The van der Waals surface area contributed by atoms with Crippen LogP contribution in [0, 0.1) is 11.3 Å². The molecule has 2 N–H and O–H groups in total. The van der Waals surface area contributed by atoms with E-state index in [4.69, 9.17) is 4.52 Å². The minimum absolute atomic E-state index is 0.0230. The molecule has 3 amide bonds. The normalized spacial score (nSPS) is 18.7. The lowest BCUT2D eigenvalue weighted by Crippen LogP contribution is -2.60. The highest BCUT2D eigenvalue weighted by atomic mass is 16.5. The van der Waals surface area contributed by atoms with Crippen LogP contribution in [0.25, 0.3) is 6.08 Å². The summed E-state index contributed by atoms with van der Waals surface area (Å²) in [6, 6.07) is 8.36. The number of aromatic nitrogens is 1. The van der Waals surface area contributed by atoms with Crippen LogP contribution in [0.1, 0.15) is 75.6 Å². The summed E-state index contributed by atoms with van der Waals surface area (Å²) in [7, 11) is 0. The van der Waals surface area contributed by atoms with E-state index in [2.05, 4.69) is 52.2 Å². The van der Waals surface area contributed by atoms with Crippen LogP contribution in [-0.2, 0) is 15.0 Å². The number of amides is 3. The molecular weight excluding hydrogens is 468 g/mol. The van der Waals surface area contributed by atoms with Gasteiger partial charge in [-0.3, -0.25) is 14.4 Å². The fourth-order valence-corrected chi connectivity index (χ4v) is 5.32.